The summed E-state index contributed by atoms with van der Waals surface area (Å²) in [6.45, 7) is 0. The molecule has 2 aliphatic heterocycles. The van der Waals surface area contributed by atoms with E-state index in [2.05, 4.69) is 5.43 Å². The number of amides is 4. The number of methoxy groups -OCH3 is 1. The van der Waals surface area contributed by atoms with E-state index in [9.17, 15) is 23.9 Å². The fourth-order valence-corrected chi connectivity index (χ4v) is 9.00. The third-order valence-corrected chi connectivity index (χ3v) is 11.6. The van der Waals surface area contributed by atoms with Crippen LogP contribution in [0.3, 0.4) is 0 Å². The molecule has 2 saturated heterocycles. The number of hydrogen-bond donors (Lipinski definition) is 2. The Morgan fingerprint density at radius 3 is 2.23 bits per heavy atom. The SMILES string of the molecule is COc1cc(C=C[C@H]2C3=CC[C@@H]4C(=O)N(c5ccc(Cl)cc5)C(=O)[C@@H]4[C@@H]3C[C@H]3C(=O)N(Nc4ccc(F)cc4)C(=O)[C@@]23c2ccc(Cl)cc2)ccc1O. The number of fused-ring (bicyclic) bond motifs is 4. The minimum Gasteiger partial charge on any atom is -0.504 e. The van der Waals surface area contributed by atoms with Gasteiger partial charge in [0.05, 0.1) is 41.7 Å². The molecule has 0 aromatic heterocycles. The van der Waals surface area contributed by atoms with Crippen LogP contribution in [0, 0.1) is 35.4 Å². The standard InChI is InChI=1S/C41H32Cl2FN3O6/c1-53-35-20-22(3-19-34(35)48)2-18-32-29-16-17-30-36(39(51)46(37(30)49)28-14-8-25(43)9-15-28)31(29)21-33-38(50)47(45-27-12-10-26(44)11-13-27)40(52)41(32,33)23-4-6-24(42)7-5-23/h2-16,18-20,30-33,36,45,48H,17,21H2,1H3/t30-,31+,32-,33-,36-,41-/m0/s1. The number of carbonyl (C=O) groups is 4. The Hall–Kier alpha value is -5.45. The van der Waals surface area contributed by atoms with Gasteiger partial charge in [0, 0.05) is 16.0 Å². The largest absolute Gasteiger partial charge is 0.504 e. The number of hydrazine groups is 1. The van der Waals surface area contributed by atoms with Gasteiger partial charge in [0.25, 0.3) is 11.8 Å². The molecule has 3 fully saturated rings. The molecular weight excluding hydrogens is 720 g/mol. The summed E-state index contributed by atoms with van der Waals surface area (Å²) >= 11 is 12.5. The molecule has 4 aliphatic rings. The quantitative estimate of drug-likeness (QED) is 0.148. The van der Waals surface area contributed by atoms with Gasteiger partial charge < -0.3 is 9.84 Å². The highest BCUT2D eigenvalue weighted by Crippen LogP contribution is 2.61. The lowest BCUT2D eigenvalue weighted by atomic mass is 9.50. The molecule has 4 aromatic carbocycles. The highest BCUT2D eigenvalue weighted by Gasteiger charge is 2.69. The number of carbonyl (C=O) groups excluding carboxylic acids is 4. The lowest BCUT2D eigenvalue weighted by Crippen LogP contribution is -2.54. The summed E-state index contributed by atoms with van der Waals surface area (Å²) < 4.78 is 19.2. The van der Waals surface area contributed by atoms with Gasteiger partial charge in [-0.3, -0.25) is 29.5 Å². The van der Waals surface area contributed by atoms with Crippen LogP contribution in [-0.2, 0) is 24.6 Å². The Balaban J connectivity index is 1.30. The minimum absolute atomic E-state index is 0.0464. The van der Waals surface area contributed by atoms with E-state index in [1.165, 1.54) is 42.3 Å². The zero-order chi connectivity index (χ0) is 37.2. The van der Waals surface area contributed by atoms with Crippen molar-refractivity contribution in [2.75, 3.05) is 17.4 Å². The molecule has 0 bridgehead atoms. The number of allylic oxidation sites excluding steroid dienone is 3. The fourth-order valence-electron chi connectivity index (χ4n) is 8.75. The van der Waals surface area contributed by atoms with Crippen molar-refractivity contribution in [1.82, 2.24) is 5.01 Å². The maximum atomic E-state index is 15.2. The van der Waals surface area contributed by atoms with Gasteiger partial charge in [0.2, 0.25) is 11.8 Å². The molecule has 4 amide bonds. The van der Waals surface area contributed by atoms with Gasteiger partial charge in [-0.2, -0.15) is 5.01 Å². The van der Waals surface area contributed by atoms with Crippen molar-refractivity contribution in [2.45, 2.75) is 18.3 Å². The second-order valence-electron chi connectivity index (χ2n) is 13.7. The van der Waals surface area contributed by atoms with Crippen molar-refractivity contribution in [2.24, 2.45) is 29.6 Å². The van der Waals surface area contributed by atoms with Gasteiger partial charge in [-0.1, -0.05) is 65.2 Å². The van der Waals surface area contributed by atoms with E-state index in [4.69, 9.17) is 27.9 Å². The maximum absolute atomic E-state index is 15.2. The van der Waals surface area contributed by atoms with E-state index >= 15 is 4.79 Å². The van der Waals surface area contributed by atoms with E-state index < -0.39 is 52.6 Å². The Bertz CT molecular complexity index is 2230. The monoisotopic (exact) mass is 751 g/mol. The van der Waals surface area contributed by atoms with Crippen LogP contribution < -0.4 is 15.1 Å². The van der Waals surface area contributed by atoms with Crippen LogP contribution in [-0.4, -0.2) is 40.9 Å². The third-order valence-electron chi connectivity index (χ3n) is 11.1. The van der Waals surface area contributed by atoms with Crippen molar-refractivity contribution in [1.29, 1.82) is 0 Å². The van der Waals surface area contributed by atoms with Crippen LogP contribution in [0.4, 0.5) is 15.8 Å². The first-order chi connectivity index (χ1) is 25.5. The number of benzene rings is 4. The topological polar surface area (TPSA) is 116 Å². The molecule has 0 spiro atoms. The number of imide groups is 2. The average molecular weight is 753 g/mol. The number of nitrogens with zero attached hydrogens (tertiary/aromatic N) is 2. The molecule has 4 aromatic rings. The van der Waals surface area contributed by atoms with Crippen LogP contribution in [0.2, 0.25) is 10.0 Å². The molecule has 268 valence electrons. The normalized spacial score (nSPS) is 26.4. The minimum atomic E-state index is -1.51. The summed E-state index contributed by atoms with van der Waals surface area (Å²) in [5, 5.41) is 12.2. The molecule has 53 heavy (non-hydrogen) atoms. The first-order valence-electron chi connectivity index (χ1n) is 17.1. The highest BCUT2D eigenvalue weighted by atomic mass is 35.5. The van der Waals surface area contributed by atoms with Crippen molar-refractivity contribution in [3.05, 3.63) is 136 Å². The predicted molar refractivity (Wildman–Crippen MR) is 197 cm³/mol. The number of phenolic OH excluding ortho intramolecular Hbond substituents is 1. The van der Waals surface area contributed by atoms with Gasteiger partial charge in [0.1, 0.15) is 5.82 Å². The van der Waals surface area contributed by atoms with E-state index in [-0.39, 0.29) is 36.2 Å². The molecule has 0 radical (unpaired) electrons. The first kappa shape index (κ1) is 34.6. The number of hydrogen-bond acceptors (Lipinski definition) is 7. The summed E-state index contributed by atoms with van der Waals surface area (Å²) in [7, 11) is 1.44. The molecule has 9 nitrogen and oxygen atoms in total. The number of nitrogens with one attached hydrogen (secondary N) is 1. The average Bonchev–Trinajstić information content (AvgIpc) is 3.54. The molecule has 2 aliphatic carbocycles. The fraction of sp³-hybridized carbons (Fsp3) is 0.220. The van der Waals surface area contributed by atoms with Crippen LogP contribution in [0.5, 0.6) is 11.5 Å². The van der Waals surface area contributed by atoms with Crippen LogP contribution in [0.1, 0.15) is 24.0 Å². The number of phenols is 1. The zero-order valence-corrected chi connectivity index (χ0v) is 29.7. The molecule has 6 atom stereocenters. The summed E-state index contributed by atoms with van der Waals surface area (Å²) in [5.41, 5.74) is 4.12. The van der Waals surface area contributed by atoms with Crippen LogP contribution in [0.15, 0.2) is 109 Å². The summed E-state index contributed by atoms with van der Waals surface area (Å²) in [6.07, 6.45) is 5.97. The Morgan fingerprint density at radius 2 is 1.55 bits per heavy atom. The summed E-state index contributed by atoms with van der Waals surface area (Å²) in [6, 6.07) is 23.5. The van der Waals surface area contributed by atoms with Gasteiger partial charge in [-0.05, 0) is 103 Å². The molecular formula is C41H32Cl2FN3O6. The molecule has 2 N–H and O–H groups in total. The lowest BCUT2D eigenvalue weighted by Gasteiger charge is -2.49. The lowest BCUT2D eigenvalue weighted by molar-refractivity contribution is -0.139. The van der Waals surface area contributed by atoms with Crippen molar-refractivity contribution in [3.8, 4) is 11.5 Å². The third kappa shape index (κ3) is 5.50. The summed E-state index contributed by atoms with van der Waals surface area (Å²) in [4.78, 5) is 59.4. The number of anilines is 2. The molecule has 0 unspecified atom stereocenters. The second kappa shape index (κ2) is 13.2. The van der Waals surface area contributed by atoms with Crippen molar-refractivity contribution < 1.29 is 33.4 Å². The van der Waals surface area contributed by atoms with E-state index in [1.54, 1.807) is 66.7 Å². The predicted octanol–water partition coefficient (Wildman–Crippen LogP) is 7.58. The van der Waals surface area contributed by atoms with Crippen molar-refractivity contribution in [3.63, 3.8) is 0 Å². The highest BCUT2D eigenvalue weighted by molar-refractivity contribution is 6.31. The number of ether oxygens (including phenoxy) is 1. The van der Waals surface area contributed by atoms with Crippen molar-refractivity contribution >= 4 is 64.3 Å². The van der Waals surface area contributed by atoms with E-state index in [0.29, 0.717) is 32.5 Å². The zero-order valence-electron chi connectivity index (χ0n) is 28.2. The maximum Gasteiger partial charge on any atom is 0.260 e. The second-order valence-corrected chi connectivity index (χ2v) is 14.6. The first-order valence-corrected chi connectivity index (χ1v) is 17.8. The molecule has 8 rings (SSSR count). The number of rotatable bonds is 7. The Labute approximate surface area is 314 Å². The van der Waals surface area contributed by atoms with Gasteiger partial charge >= 0.3 is 0 Å². The summed E-state index contributed by atoms with van der Waals surface area (Å²) in [5.74, 6) is -5.82. The van der Waals surface area contributed by atoms with Gasteiger partial charge in [-0.25, -0.2) is 4.39 Å². The van der Waals surface area contributed by atoms with E-state index in [0.717, 1.165) is 10.6 Å². The van der Waals surface area contributed by atoms with Gasteiger partial charge in [-0.15, -0.1) is 0 Å². The van der Waals surface area contributed by atoms with Crippen LogP contribution in [0.25, 0.3) is 6.08 Å². The smallest absolute Gasteiger partial charge is 0.260 e. The van der Waals surface area contributed by atoms with Crippen LogP contribution >= 0.6 is 23.2 Å². The van der Waals surface area contributed by atoms with E-state index in [1.807, 2.05) is 12.2 Å². The Kier molecular flexibility index (Phi) is 8.62. The number of halogens is 3. The number of aromatic hydroxyl groups is 1. The van der Waals surface area contributed by atoms with Gasteiger partial charge in [0.15, 0.2) is 11.5 Å². The Morgan fingerprint density at radius 1 is 0.868 bits per heavy atom. The molecule has 12 heteroatoms. The molecule has 1 saturated carbocycles. The molecule has 2 heterocycles.